The number of nitrogens with zero attached hydrogens (tertiary/aromatic N) is 2. The van der Waals surface area contributed by atoms with E-state index in [0.717, 1.165) is 11.3 Å². The van der Waals surface area contributed by atoms with E-state index in [-0.39, 0.29) is 11.6 Å². The molecule has 134 valence electrons. The molecule has 0 aliphatic carbocycles. The Hall–Kier alpha value is -2.67. The molecule has 0 fully saturated rings. The lowest BCUT2D eigenvalue weighted by Crippen LogP contribution is -2.13. The minimum Gasteiger partial charge on any atom is -0.497 e. The number of carbonyl (C=O) groups is 1. The highest BCUT2D eigenvalue weighted by molar-refractivity contribution is 8.00. The maximum absolute atomic E-state index is 13.0. The molecule has 0 aliphatic rings. The molecule has 3 rings (SSSR count). The van der Waals surface area contributed by atoms with Crippen molar-refractivity contribution in [3.63, 3.8) is 0 Å². The molecule has 3 aromatic rings. The zero-order chi connectivity index (χ0) is 18.5. The highest BCUT2D eigenvalue weighted by Gasteiger charge is 2.20. The molecule has 0 aliphatic heterocycles. The highest BCUT2D eigenvalue weighted by Crippen LogP contribution is 2.25. The van der Waals surface area contributed by atoms with Crippen molar-refractivity contribution in [2.24, 2.45) is 0 Å². The summed E-state index contributed by atoms with van der Waals surface area (Å²) in [7, 11) is 1.62. The number of carbonyl (C=O) groups excluding carboxylic acids is 1. The average Bonchev–Trinajstić information content (AvgIpc) is 3.09. The summed E-state index contributed by atoms with van der Waals surface area (Å²) in [5.74, 6) is 0.759. The lowest BCUT2D eigenvalue weighted by Gasteiger charge is -2.07. The molecule has 26 heavy (non-hydrogen) atoms. The van der Waals surface area contributed by atoms with Gasteiger partial charge in [0.25, 0.3) is 5.22 Å². The summed E-state index contributed by atoms with van der Waals surface area (Å²) < 4.78 is 23.7. The van der Waals surface area contributed by atoms with Crippen LogP contribution >= 0.6 is 11.8 Å². The lowest BCUT2D eigenvalue weighted by molar-refractivity contribution is 0.0993. The SMILES string of the molecule is COc1ccc(Cc2nnc(S[C@H](C)C(=O)c3ccc(F)cc3)o2)cc1. The Labute approximate surface area is 154 Å². The Bertz CT molecular complexity index is 879. The number of thioether (sulfide) groups is 1. The number of benzene rings is 2. The van der Waals surface area contributed by atoms with Gasteiger partial charge in [-0.2, -0.15) is 0 Å². The number of methoxy groups -OCH3 is 1. The largest absolute Gasteiger partial charge is 0.497 e. The summed E-state index contributed by atoms with van der Waals surface area (Å²) in [5.41, 5.74) is 1.46. The second-order valence-electron chi connectivity index (χ2n) is 5.62. The van der Waals surface area contributed by atoms with E-state index in [1.807, 2.05) is 24.3 Å². The predicted octanol–water partition coefficient (Wildman–Crippen LogP) is 4.17. The first kappa shape index (κ1) is 18.1. The van der Waals surface area contributed by atoms with Crippen molar-refractivity contribution in [3.8, 4) is 5.75 Å². The predicted molar refractivity (Wildman–Crippen MR) is 96.1 cm³/mol. The standard InChI is InChI=1S/C19H17FN2O3S/c1-12(18(23)14-5-7-15(20)8-6-14)26-19-22-21-17(25-19)11-13-3-9-16(24-2)10-4-13/h3-10,12H,11H2,1-2H3/t12-/m1/s1. The van der Waals surface area contributed by atoms with Crippen LogP contribution in [0.2, 0.25) is 0 Å². The number of rotatable bonds is 7. The first-order valence-electron chi connectivity index (χ1n) is 7.97. The molecule has 0 saturated heterocycles. The molecular formula is C19H17FN2O3S. The van der Waals surface area contributed by atoms with Gasteiger partial charge in [0, 0.05) is 5.56 Å². The van der Waals surface area contributed by atoms with Crippen LogP contribution in [0, 0.1) is 5.82 Å². The number of hydrogen-bond donors (Lipinski definition) is 0. The number of ketones is 1. The van der Waals surface area contributed by atoms with E-state index in [2.05, 4.69) is 10.2 Å². The van der Waals surface area contributed by atoms with Crippen LogP contribution in [0.25, 0.3) is 0 Å². The van der Waals surface area contributed by atoms with E-state index in [1.54, 1.807) is 14.0 Å². The Kier molecular flexibility index (Phi) is 5.68. The fourth-order valence-electron chi connectivity index (χ4n) is 2.33. The van der Waals surface area contributed by atoms with Gasteiger partial charge in [-0.1, -0.05) is 23.9 Å². The molecule has 0 radical (unpaired) electrons. The number of Topliss-reactive ketones (excluding diaryl/α,β-unsaturated/α-hetero) is 1. The zero-order valence-corrected chi connectivity index (χ0v) is 15.1. The summed E-state index contributed by atoms with van der Waals surface area (Å²) in [6.07, 6.45) is 0.498. The number of halogens is 1. The quantitative estimate of drug-likeness (QED) is 0.458. The van der Waals surface area contributed by atoms with Gasteiger partial charge < -0.3 is 9.15 Å². The van der Waals surface area contributed by atoms with Gasteiger partial charge in [-0.05, 0) is 48.9 Å². The molecule has 0 amide bonds. The summed E-state index contributed by atoms with van der Waals surface area (Å²) >= 11 is 1.18. The summed E-state index contributed by atoms with van der Waals surface area (Å²) in [4.78, 5) is 12.4. The third kappa shape index (κ3) is 4.49. The molecule has 0 unspecified atom stereocenters. The van der Waals surface area contributed by atoms with Gasteiger partial charge in [0.2, 0.25) is 5.89 Å². The van der Waals surface area contributed by atoms with Crippen LogP contribution < -0.4 is 4.74 Å². The molecular weight excluding hydrogens is 355 g/mol. The normalized spacial score (nSPS) is 12.0. The van der Waals surface area contributed by atoms with Gasteiger partial charge in [0.15, 0.2) is 5.78 Å². The summed E-state index contributed by atoms with van der Waals surface area (Å²) in [6, 6.07) is 13.1. The van der Waals surface area contributed by atoms with Crippen LogP contribution in [-0.4, -0.2) is 28.3 Å². The molecule has 0 N–H and O–H groups in total. The van der Waals surface area contributed by atoms with E-state index >= 15 is 0 Å². The van der Waals surface area contributed by atoms with Crippen molar-refractivity contribution in [1.29, 1.82) is 0 Å². The van der Waals surface area contributed by atoms with Crippen molar-refractivity contribution in [1.82, 2.24) is 10.2 Å². The molecule has 2 aromatic carbocycles. The topological polar surface area (TPSA) is 65.2 Å². The molecule has 0 saturated carbocycles. The van der Waals surface area contributed by atoms with Crippen molar-refractivity contribution < 1.29 is 18.3 Å². The van der Waals surface area contributed by atoms with Crippen molar-refractivity contribution >= 4 is 17.5 Å². The first-order valence-corrected chi connectivity index (χ1v) is 8.85. The Morgan fingerprint density at radius 2 is 1.85 bits per heavy atom. The van der Waals surface area contributed by atoms with Gasteiger partial charge in [0.05, 0.1) is 18.8 Å². The fraction of sp³-hybridized carbons (Fsp3) is 0.211. The van der Waals surface area contributed by atoms with E-state index in [0.29, 0.717) is 23.1 Å². The molecule has 1 heterocycles. The first-order chi connectivity index (χ1) is 12.5. The number of hydrogen-bond acceptors (Lipinski definition) is 6. The van der Waals surface area contributed by atoms with Crippen LogP contribution in [-0.2, 0) is 6.42 Å². The zero-order valence-electron chi connectivity index (χ0n) is 14.3. The number of aromatic nitrogens is 2. The minimum absolute atomic E-state index is 0.120. The third-order valence-electron chi connectivity index (χ3n) is 3.74. The van der Waals surface area contributed by atoms with E-state index in [1.165, 1.54) is 36.0 Å². The van der Waals surface area contributed by atoms with Gasteiger partial charge in [-0.15, -0.1) is 10.2 Å². The van der Waals surface area contributed by atoms with Crippen molar-refractivity contribution in [3.05, 3.63) is 71.4 Å². The summed E-state index contributed by atoms with van der Waals surface area (Å²) in [6.45, 7) is 1.75. The molecule has 1 aromatic heterocycles. The fourth-order valence-corrected chi connectivity index (χ4v) is 3.11. The Balaban J connectivity index is 1.61. The second-order valence-corrected chi connectivity index (χ2v) is 6.91. The van der Waals surface area contributed by atoms with Gasteiger partial charge in [0.1, 0.15) is 11.6 Å². The van der Waals surface area contributed by atoms with E-state index < -0.39 is 5.25 Å². The van der Waals surface area contributed by atoms with Gasteiger partial charge in [-0.25, -0.2) is 4.39 Å². The van der Waals surface area contributed by atoms with Crippen LogP contribution in [0.4, 0.5) is 4.39 Å². The monoisotopic (exact) mass is 372 g/mol. The third-order valence-corrected chi connectivity index (χ3v) is 4.67. The molecule has 0 bridgehead atoms. The maximum Gasteiger partial charge on any atom is 0.277 e. The number of ether oxygens (including phenoxy) is 1. The van der Waals surface area contributed by atoms with E-state index in [9.17, 15) is 9.18 Å². The Morgan fingerprint density at radius 1 is 1.15 bits per heavy atom. The molecule has 5 nitrogen and oxygen atoms in total. The Morgan fingerprint density at radius 3 is 2.50 bits per heavy atom. The van der Waals surface area contributed by atoms with Crippen LogP contribution in [0.5, 0.6) is 5.75 Å². The van der Waals surface area contributed by atoms with Gasteiger partial charge >= 0.3 is 0 Å². The average molecular weight is 372 g/mol. The van der Waals surface area contributed by atoms with Crippen LogP contribution in [0.1, 0.15) is 28.7 Å². The molecule has 0 spiro atoms. The molecule has 1 atom stereocenters. The molecule has 7 heteroatoms. The van der Waals surface area contributed by atoms with Crippen molar-refractivity contribution in [2.45, 2.75) is 23.8 Å². The maximum atomic E-state index is 13.0. The lowest BCUT2D eigenvalue weighted by atomic mass is 10.1. The van der Waals surface area contributed by atoms with Crippen molar-refractivity contribution in [2.75, 3.05) is 7.11 Å². The second kappa shape index (κ2) is 8.14. The van der Waals surface area contributed by atoms with Gasteiger partial charge in [-0.3, -0.25) is 4.79 Å². The highest BCUT2D eigenvalue weighted by atomic mass is 32.2. The van der Waals surface area contributed by atoms with E-state index in [4.69, 9.17) is 9.15 Å². The summed E-state index contributed by atoms with van der Waals surface area (Å²) in [5, 5.41) is 7.92. The minimum atomic E-state index is -0.422. The smallest absolute Gasteiger partial charge is 0.277 e. The van der Waals surface area contributed by atoms with Crippen LogP contribution in [0.15, 0.2) is 58.2 Å². The van der Waals surface area contributed by atoms with Crippen LogP contribution in [0.3, 0.4) is 0 Å².